The van der Waals surface area contributed by atoms with Crippen LogP contribution >= 0.6 is 0 Å². The van der Waals surface area contributed by atoms with Crippen LogP contribution in [0.2, 0.25) is 0 Å². The minimum absolute atomic E-state index is 0.147. The third-order valence-electron chi connectivity index (χ3n) is 4.10. The van der Waals surface area contributed by atoms with E-state index in [-0.39, 0.29) is 12.5 Å². The number of anilines is 1. The molecule has 23 heavy (non-hydrogen) atoms. The summed E-state index contributed by atoms with van der Waals surface area (Å²) < 4.78 is 26.2. The molecule has 1 saturated heterocycles. The quantitative estimate of drug-likeness (QED) is 0.941. The van der Waals surface area contributed by atoms with Crippen molar-refractivity contribution in [3.8, 4) is 0 Å². The number of aromatic nitrogens is 2. The first kappa shape index (κ1) is 15.6. The number of piperidine rings is 1. The van der Waals surface area contributed by atoms with Gasteiger partial charge in [-0.05, 0) is 24.5 Å². The number of aliphatic carboxylic acids is 1. The van der Waals surface area contributed by atoms with Crippen molar-refractivity contribution in [2.75, 3.05) is 18.0 Å². The Morgan fingerprint density at radius 3 is 2.74 bits per heavy atom. The molecular formula is C16H17F2N3O2. The number of nitrogens with zero attached hydrogens (tertiary/aromatic N) is 3. The van der Waals surface area contributed by atoms with Crippen molar-refractivity contribution in [2.24, 2.45) is 11.8 Å². The molecule has 0 bridgehead atoms. The molecule has 1 aliphatic heterocycles. The molecule has 1 aromatic carbocycles. The summed E-state index contributed by atoms with van der Waals surface area (Å²) in [6.07, 6.45) is -2.19. The molecule has 0 aliphatic carbocycles. The smallest absolute Gasteiger partial charge is 0.308 e. The van der Waals surface area contributed by atoms with E-state index in [4.69, 9.17) is 0 Å². The van der Waals surface area contributed by atoms with Crippen molar-refractivity contribution < 1.29 is 18.7 Å². The molecule has 1 N–H and O–H groups in total. The lowest BCUT2D eigenvalue weighted by atomic mass is 9.90. The number of hydrogen-bond acceptors (Lipinski definition) is 4. The Bertz CT molecular complexity index is 738. The summed E-state index contributed by atoms with van der Waals surface area (Å²) in [5, 5.41) is 9.96. The average Bonchev–Trinajstić information content (AvgIpc) is 2.53. The fraction of sp³-hybridized carbons (Fsp3) is 0.438. The van der Waals surface area contributed by atoms with E-state index in [9.17, 15) is 18.7 Å². The molecular weight excluding hydrogens is 304 g/mol. The number of halogens is 2. The number of fused-ring (bicyclic) bond motifs is 1. The summed E-state index contributed by atoms with van der Waals surface area (Å²) in [6, 6.07) is 6.95. The fourth-order valence-corrected chi connectivity index (χ4v) is 3.12. The molecule has 2 atom stereocenters. The second-order valence-corrected chi connectivity index (χ2v) is 6.00. The molecule has 0 saturated carbocycles. The largest absolute Gasteiger partial charge is 0.481 e. The van der Waals surface area contributed by atoms with E-state index in [1.54, 1.807) is 29.2 Å². The molecule has 122 valence electrons. The molecule has 0 spiro atoms. The third kappa shape index (κ3) is 3.09. The molecule has 0 radical (unpaired) electrons. The normalized spacial score (nSPS) is 21.8. The minimum Gasteiger partial charge on any atom is -0.481 e. The Hall–Kier alpha value is -2.31. The van der Waals surface area contributed by atoms with Crippen molar-refractivity contribution in [1.82, 2.24) is 9.97 Å². The summed E-state index contributed by atoms with van der Waals surface area (Å²) in [5.74, 6) is -1.38. The Morgan fingerprint density at radius 1 is 1.30 bits per heavy atom. The van der Waals surface area contributed by atoms with Gasteiger partial charge in [-0.1, -0.05) is 19.1 Å². The van der Waals surface area contributed by atoms with E-state index in [0.717, 1.165) is 0 Å². The number of carboxylic acids is 1. The standard InChI is InChI=1S/C16H17F2N3O2/c1-9-6-10(16(22)23)8-21(7-9)15-11-4-2-3-5-12(11)19-14(20-15)13(17)18/h2-5,9-10,13H,6-8H2,1H3,(H,22,23). The number of carboxylic acid groups (broad SMARTS) is 1. The number of para-hydroxylation sites is 1. The number of alkyl halides is 2. The van der Waals surface area contributed by atoms with Crippen molar-refractivity contribution in [2.45, 2.75) is 19.8 Å². The Labute approximate surface area is 132 Å². The highest BCUT2D eigenvalue weighted by molar-refractivity contribution is 5.89. The molecule has 7 heteroatoms. The fourth-order valence-electron chi connectivity index (χ4n) is 3.12. The zero-order chi connectivity index (χ0) is 16.6. The lowest BCUT2D eigenvalue weighted by Gasteiger charge is -2.36. The van der Waals surface area contributed by atoms with Gasteiger partial charge < -0.3 is 10.0 Å². The minimum atomic E-state index is -2.77. The van der Waals surface area contributed by atoms with Crippen LogP contribution in [0.25, 0.3) is 10.9 Å². The maximum absolute atomic E-state index is 13.1. The van der Waals surface area contributed by atoms with Gasteiger partial charge >= 0.3 is 5.97 Å². The van der Waals surface area contributed by atoms with Gasteiger partial charge in [0.25, 0.3) is 6.43 Å². The summed E-state index contributed by atoms with van der Waals surface area (Å²) in [4.78, 5) is 21.1. The maximum atomic E-state index is 13.1. The van der Waals surface area contributed by atoms with Gasteiger partial charge in [0.15, 0.2) is 5.82 Å². The number of benzene rings is 1. The first-order valence-corrected chi connectivity index (χ1v) is 7.48. The highest BCUT2D eigenvalue weighted by Crippen LogP contribution is 2.31. The van der Waals surface area contributed by atoms with Crippen molar-refractivity contribution in [1.29, 1.82) is 0 Å². The van der Waals surface area contributed by atoms with Gasteiger partial charge in [-0.2, -0.15) is 0 Å². The molecule has 2 unspecified atom stereocenters. The predicted octanol–water partition coefficient (Wildman–Crippen LogP) is 3.11. The van der Waals surface area contributed by atoms with Crippen LogP contribution in [-0.4, -0.2) is 34.1 Å². The molecule has 5 nitrogen and oxygen atoms in total. The summed E-state index contributed by atoms with van der Waals surface area (Å²) in [6.45, 7) is 2.82. The SMILES string of the molecule is CC1CC(C(=O)O)CN(c2nc(C(F)F)nc3ccccc23)C1. The molecule has 1 aliphatic rings. The van der Waals surface area contributed by atoms with Crippen LogP contribution in [0.3, 0.4) is 0 Å². The van der Waals surface area contributed by atoms with Crippen LogP contribution in [0, 0.1) is 11.8 Å². The van der Waals surface area contributed by atoms with Gasteiger partial charge in [0.05, 0.1) is 11.4 Å². The van der Waals surface area contributed by atoms with Gasteiger partial charge in [0.1, 0.15) is 5.82 Å². The van der Waals surface area contributed by atoms with E-state index < -0.39 is 24.1 Å². The molecule has 0 amide bonds. The maximum Gasteiger partial charge on any atom is 0.308 e. The molecule has 2 heterocycles. The molecule has 1 aromatic heterocycles. The van der Waals surface area contributed by atoms with E-state index in [0.29, 0.717) is 29.7 Å². The van der Waals surface area contributed by atoms with E-state index in [1.807, 2.05) is 6.92 Å². The zero-order valence-electron chi connectivity index (χ0n) is 12.6. The number of hydrogen-bond donors (Lipinski definition) is 1. The average molecular weight is 321 g/mol. The van der Waals surface area contributed by atoms with Crippen LogP contribution in [0.15, 0.2) is 24.3 Å². The molecule has 2 aromatic rings. The first-order chi connectivity index (χ1) is 11.0. The monoisotopic (exact) mass is 321 g/mol. The van der Waals surface area contributed by atoms with E-state index in [1.165, 1.54) is 0 Å². The second-order valence-electron chi connectivity index (χ2n) is 6.00. The van der Waals surface area contributed by atoms with Crippen molar-refractivity contribution in [3.63, 3.8) is 0 Å². The number of rotatable bonds is 3. The second kappa shape index (κ2) is 6.06. The van der Waals surface area contributed by atoms with Crippen LogP contribution < -0.4 is 4.90 Å². The van der Waals surface area contributed by atoms with Gasteiger partial charge in [0, 0.05) is 18.5 Å². The van der Waals surface area contributed by atoms with Gasteiger partial charge in [-0.15, -0.1) is 0 Å². The van der Waals surface area contributed by atoms with E-state index >= 15 is 0 Å². The Morgan fingerprint density at radius 2 is 2.04 bits per heavy atom. The summed E-state index contributed by atoms with van der Waals surface area (Å²) >= 11 is 0. The first-order valence-electron chi connectivity index (χ1n) is 7.48. The lowest BCUT2D eigenvalue weighted by molar-refractivity contribution is -0.142. The van der Waals surface area contributed by atoms with Crippen molar-refractivity contribution in [3.05, 3.63) is 30.1 Å². The molecule has 3 rings (SSSR count). The summed E-state index contributed by atoms with van der Waals surface area (Å²) in [5.41, 5.74) is 0.443. The Balaban J connectivity index is 2.08. The van der Waals surface area contributed by atoms with E-state index in [2.05, 4.69) is 9.97 Å². The number of carbonyl (C=O) groups is 1. The zero-order valence-corrected chi connectivity index (χ0v) is 12.6. The highest BCUT2D eigenvalue weighted by atomic mass is 19.3. The van der Waals surface area contributed by atoms with Crippen LogP contribution in [-0.2, 0) is 4.79 Å². The van der Waals surface area contributed by atoms with Crippen LogP contribution in [0.1, 0.15) is 25.6 Å². The van der Waals surface area contributed by atoms with Gasteiger partial charge in [-0.3, -0.25) is 4.79 Å². The summed E-state index contributed by atoms with van der Waals surface area (Å²) in [7, 11) is 0. The highest BCUT2D eigenvalue weighted by Gasteiger charge is 2.31. The van der Waals surface area contributed by atoms with Crippen LogP contribution in [0.4, 0.5) is 14.6 Å². The van der Waals surface area contributed by atoms with Crippen LogP contribution in [0.5, 0.6) is 0 Å². The Kier molecular flexibility index (Phi) is 4.11. The third-order valence-corrected chi connectivity index (χ3v) is 4.10. The van der Waals surface area contributed by atoms with Gasteiger partial charge in [0.2, 0.25) is 0 Å². The lowest BCUT2D eigenvalue weighted by Crippen LogP contribution is -2.43. The topological polar surface area (TPSA) is 66.3 Å². The molecule has 1 fully saturated rings. The predicted molar refractivity (Wildman–Crippen MR) is 81.6 cm³/mol. The van der Waals surface area contributed by atoms with Gasteiger partial charge in [-0.25, -0.2) is 18.7 Å². The van der Waals surface area contributed by atoms with Crippen molar-refractivity contribution >= 4 is 22.7 Å².